The number of alkyl carbamates (subject to hydrolysis) is 1. The van der Waals surface area contributed by atoms with Crippen molar-refractivity contribution < 1.29 is 19.1 Å². The summed E-state index contributed by atoms with van der Waals surface area (Å²) in [5.74, 6) is 0.365. The maximum absolute atomic E-state index is 13.2. The highest BCUT2D eigenvalue weighted by Crippen LogP contribution is 2.20. The van der Waals surface area contributed by atoms with E-state index in [1.54, 1.807) is 77.4 Å². The first-order valence-corrected chi connectivity index (χ1v) is 9.53. The van der Waals surface area contributed by atoms with Crippen molar-refractivity contribution >= 4 is 17.7 Å². The van der Waals surface area contributed by atoms with Crippen molar-refractivity contribution in [3.63, 3.8) is 0 Å². The van der Waals surface area contributed by atoms with Gasteiger partial charge >= 0.3 is 6.09 Å². The van der Waals surface area contributed by atoms with Crippen LogP contribution in [0.3, 0.4) is 0 Å². The molecule has 2 amide bonds. The van der Waals surface area contributed by atoms with Gasteiger partial charge in [0.1, 0.15) is 17.4 Å². The zero-order valence-corrected chi connectivity index (χ0v) is 17.9. The van der Waals surface area contributed by atoms with Crippen molar-refractivity contribution in [1.82, 2.24) is 5.32 Å². The van der Waals surface area contributed by atoms with E-state index < -0.39 is 17.7 Å². The summed E-state index contributed by atoms with van der Waals surface area (Å²) in [5.41, 5.74) is 1.20. The molecule has 1 N–H and O–H groups in total. The minimum absolute atomic E-state index is 0.216. The number of anilines is 1. The van der Waals surface area contributed by atoms with E-state index in [4.69, 9.17) is 14.7 Å². The number of rotatable bonds is 6. The molecule has 0 saturated heterocycles. The standard InChI is InChI=1S/C23H27N3O4/c1-23(2,3)30-22(28)25-20(14-16-7-6-8-17(13-16)15-24)21(27)26(4)18-9-11-19(29-5)12-10-18/h6-13,20H,14H2,1-5H3,(H,25,28). The smallest absolute Gasteiger partial charge is 0.408 e. The third-order valence-corrected chi connectivity index (χ3v) is 4.28. The van der Waals surface area contributed by atoms with Gasteiger partial charge in [0, 0.05) is 19.2 Å². The molecular formula is C23H27N3O4. The highest BCUT2D eigenvalue weighted by atomic mass is 16.6. The SMILES string of the molecule is COc1ccc(N(C)C(=O)C(Cc2cccc(C#N)c2)NC(=O)OC(C)(C)C)cc1. The fourth-order valence-electron chi connectivity index (χ4n) is 2.82. The van der Waals surface area contributed by atoms with E-state index in [0.717, 1.165) is 5.56 Å². The van der Waals surface area contributed by atoms with Gasteiger partial charge in [0.05, 0.1) is 18.7 Å². The van der Waals surface area contributed by atoms with Crippen molar-refractivity contribution in [1.29, 1.82) is 5.26 Å². The van der Waals surface area contributed by atoms with Crippen LogP contribution in [0.1, 0.15) is 31.9 Å². The summed E-state index contributed by atoms with van der Waals surface area (Å²) in [6, 6.07) is 15.2. The number of carbonyl (C=O) groups is 2. The number of nitrogens with one attached hydrogen (secondary N) is 1. The van der Waals surface area contributed by atoms with Gasteiger partial charge in [-0.1, -0.05) is 12.1 Å². The Bertz CT molecular complexity index is 927. The Hall–Kier alpha value is -3.53. The summed E-state index contributed by atoms with van der Waals surface area (Å²) < 4.78 is 10.5. The molecule has 0 aliphatic rings. The molecule has 0 heterocycles. The van der Waals surface area contributed by atoms with Gasteiger partial charge in [-0.2, -0.15) is 5.26 Å². The molecule has 0 radical (unpaired) electrons. The number of ether oxygens (including phenoxy) is 2. The minimum Gasteiger partial charge on any atom is -0.497 e. The normalized spacial score (nSPS) is 11.7. The number of methoxy groups -OCH3 is 1. The molecule has 0 fully saturated rings. The Balaban J connectivity index is 2.26. The van der Waals surface area contributed by atoms with Crippen LogP contribution in [0.15, 0.2) is 48.5 Å². The molecule has 7 nitrogen and oxygen atoms in total. The number of likely N-dealkylation sites (N-methyl/N-ethyl adjacent to an activating group) is 1. The Labute approximate surface area is 177 Å². The van der Waals surface area contributed by atoms with Gasteiger partial charge in [-0.15, -0.1) is 0 Å². The second-order valence-electron chi connectivity index (χ2n) is 7.81. The lowest BCUT2D eigenvalue weighted by atomic mass is 10.0. The molecule has 1 unspecified atom stereocenters. The number of hydrogen-bond donors (Lipinski definition) is 1. The van der Waals surface area contributed by atoms with Gasteiger partial charge in [0.2, 0.25) is 5.91 Å². The van der Waals surface area contributed by atoms with E-state index in [1.165, 1.54) is 4.90 Å². The number of amides is 2. The molecule has 2 aromatic carbocycles. The number of nitrogens with zero attached hydrogens (tertiary/aromatic N) is 2. The predicted octanol–water partition coefficient (Wildman–Crippen LogP) is 3.67. The molecule has 0 bridgehead atoms. The number of benzene rings is 2. The Morgan fingerprint density at radius 3 is 2.40 bits per heavy atom. The van der Waals surface area contributed by atoms with E-state index in [9.17, 15) is 9.59 Å². The molecule has 2 rings (SSSR count). The largest absolute Gasteiger partial charge is 0.497 e. The molecule has 30 heavy (non-hydrogen) atoms. The van der Waals surface area contributed by atoms with E-state index in [2.05, 4.69) is 11.4 Å². The molecule has 2 aromatic rings. The average molecular weight is 409 g/mol. The number of nitriles is 1. The van der Waals surface area contributed by atoms with Crippen LogP contribution < -0.4 is 15.0 Å². The highest BCUT2D eigenvalue weighted by Gasteiger charge is 2.27. The van der Waals surface area contributed by atoms with Gasteiger partial charge in [0.15, 0.2) is 0 Å². The second-order valence-corrected chi connectivity index (χ2v) is 7.81. The van der Waals surface area contributed by atoms with Crippen LogP contribution in [0.5, 0.6) is 5.75 Å². The maximum Gasteiger partial charge on any atom is 0.408 e. The first-order chi connectivity index (χ1) is 14.1. The molecular weight excluding hydrogens is 382 g/mol. The lowest BCUT2D eigenvalue weighted by Gasteiger charge is -2.27. The lowest BCUT2D eigenvalue weighted by Crippen LogP contribution is -2.50. The molecule has 0 saturated carbocycles. The van der Waals surface area contributed by atoms with Crippen LogP contribution in [0, 0.1) is 11.3 Å². The summed E-state index contributed by atoms with van der Waals surface area (Å²) in [4.78, 5) is 27.0. The Kier molecular flexibility index (Phi) is 7.43. The van der Waals surface area contributed by atoms with Crippen LogP contribution in [0.4, 0.5) is 10.5 Å². The molecule has 1 atom stereocenters. The summed E-state index contributed by atoms with van der Waals surface area (Å²) >= 11 is 0. The molecule has 158 valence electrons. The molecule has 7 heteroatoms. The highest BCUT2D eigenvalue weighted by molar-refractivity contribution is 5.98. The van der Waals surface area contributed by atoms with Crippen LogP contribution in [0.25, 0.3) is 0 Å². The molecule has 0 aliphatic heterocycles. The molecule has 0 aromatic heterocycles. The number of hydrogen-bond acceptors (Lipinski definition) is 5. The van der Waals surface area contributed by atoms with Gasteiger partial charge in [-0.3, -0.25) is 4.79 Å². The predicted molar refractivity (Wildman–Crippen MR) is 114 cm³/mol. The summed E-state index contributed by atoms with van der Waals surface area (Å²) in [6.07, 6.45) is -0.464. The first-order valence-electron chi connectivity index (χ1n) is 9.53. The first kappa shape index (κ1) is 22.8. The summed E-state index contributed by atoms with van der Waals surface area (Å²) in [7, 11) is 3.21. The van der Waals surface area contributed by atoms with Crippen molar-refractivity contribution in [3.05, 3.63) is 59.7 Å². The topological polar surface area (TPSA) is 91.7 Å². The van der Waals surface area contributed by atoms with E-state index >= 15 is 0 Å². The van der Waals surface area contributed by atoms with Crippen molar-refractivity contribution in [3.8, 4) is 11.8 Å². The monoisotopic (exact) mass is 409 g/mol. The van der Waals surface area contributed by atoms with Crippen LogP contribution in [-0.2, 0) is 16.0 Å². The summed E-state index contributed by atoms with van der Waals surface area (Å²) in [6.45, 7) is 5.26. The average Bonchev–Trinajstić information content (AvgIpc) is 2.71. The van der Waals surface area contributed by atoms with Crippen LogP contribution in [0.2, 0.25) is 0 Å². The molecule has 0 aliphatic carbocycles. The van der Waals surface area contributed by atoms with Gasteiger partial charge in [-0.25, -0.2) is 4.79 Å². The van der Waals surface area contributed by atoms with Crippen molar-refractivity contribution in [2.75, 3.05) is 19.1 Å². The van der Waals surface area contributed by atoms with Crippen molar-refractivity contribution in [2.45, 2.75) is 38.8 Å². The third kappa shape index (κ3) is 6.52. The van der Waals surface area contributed by atoms with Crippen LogP contribution >= 0.6 is 0 Å². The van der Waals surface area contributed by atoms with Crippen LogP contribution in [-0.4, -0.2) is 37.8 Å². The maximum atomic E-state index is 13.2. The van der Waals surface area contributed by atoms with E-state index in [0.29, 0.717) is 17.0 Å². The zero-order valence-electron chi connectivity index (χ0n) is 17.9. The minimum atomic E-state index is -0.874. The Morgan fingerprint density at radius 2 is 1.83 bits per heavy atom. The van der Waals surface area contributed by atoms with Gasteiger partial charge < -0.3 is 19.7 Å². The van der Waals surface area contributed by atoms with Crippen molar-refractivity contribution in [2.24, 2.45) is 0 Å². The van der Waals surface area contributed by atoms with Gasteiger partial charge in [-0.05, 0) is 62.7 Å². The number of carbonyl (C=O) groups excluding carboxylic acids is 2. The fourth-order valence-corrected chi connectivity index (χ4v) is 2.82. The van der Waals surface area contributed by atoms with E-state index in [1.807, 2.05) is 6.07 Å². The lowest BCUT2D eigenvalue weighted by molar-refractivity contribution is -0.120. The quantitative estimate of drug-likeness (QED) is 0.786. The Morgan fingerprint density at radius 1 is 1.17 bits per heavy atom. The van der Waals surface area contributed by atoms with E-state index in [-0.39, 0.29) is 12.3 Å². The zero-order chi connectivity index (χ0) is 22.3. The molecule has 0 spiro atoms. The summed E-state index contributed by atoms with van der Waals surface area (Å²) in [5, 5.41) is 11.8. The third-order valence-electron chi connectivity index (χ3n) is 4.28. The van der Waals surface area contributed by atoms with Gasteiger partial charge in [0.25, 0.3) is 0 Å². The second kappa shape index (κ2) is 9.79. The fraction of sp³-hybridized carbons (Fsp3) is 0.348.